The number of ether oxygens (including phenoxy) is 1. The van der Waals surface area contributed by atoms with Crippen molar-refractivity contribution in [2.75, 3.05) is 20.3 Å². The fourth-order valence-corrected chi connectivity index (χ4v) is 0.956. The van der Waals surface area contributed by atoms with Crippen molar-refractivity contribution >= 4 is 5.91 Å². The highest BCUT2D eigenvalue weighted by atomic mass is 16.5. The van der Waals surface area contributed by atoms with Crippen LogP contribution in [0.1, 0.15) is 10.4 Å². The first-order chi connectivity index (χ1) is 6.79. The number of amides is 1. The molecule has 1 amide bonds. The van der Waals surface area contributed by atoms with Gasteiger partial charge in [-0.25, -0.2) is 4.98 Å². The molecule has 76 valence electrons. The zero-order valence-electron chi connectivity index (χ0n) is 7.86. The predicted octanol–water partition coefficient (Wildman–Crippen LogP) is -0.188. The van der Waals surface area contributed by atoms with Gasteiger partial charge in [-0.3, -0.25) is 4.79 Å². The van der Waals surface area contributed by atoms with E-state index in [4.69, 9.17) is 9.84 Å². The Hall–Kier alpha value is -1.62. The quantitative estimate of drug-likeness (QED) is 0.700. The van der Waals surface area contributed by atoms with Gasteiger partial charge in [0.2, 0.25) is 5.88 Å². The maximum Gasteiger partial charge on any atom is 0.256 e. The fourth-order valence-electron chi connectivity index (χ4n) is 0.956. The van der Waals surface area contributed by atoms with E-state index in [-0.39, 0.29) is 25.0 Å². The van der Waals surface area contributed by atoms with Crippen LogP contribution in [-0.4, -0.2) is 36.3 Å². The molecule has 0 unspecified atom stereocenters. The van der Waals surface area contributed by atoms with E-state index in [2.05, 4.69) is 10.3 Å². The highest BCUT2D eigenvalue weighted by Crippen LogP contribution is 2.13. The minimum Gasteiger partial charge on any atom is -0.475 e. The van der Waals surface area contributed by atoms with Crippen molar-refractivity contribution in [3.8, 4) is 5.88 Å². The molecule has 5 heteroatoms. The van der Waals surface area contributed by atoms with Gasteiger partial charge in [0.05, 0.1) is 6.61 Å². The van der Waals surface area contributed by atoms with Crippen molar-refractivity contribution < 1.29 is 14.6 Å². The molecule has 0 radical (unpaired) electrons. The molecule has 0 spiro atoms. The number of aliphatic hydroxyl groups is 1. The molecular weight excluding hydrogens is 184 g/mol. The average Bonchev–Trinajstić information content (AvgIpc) is 2.25. The smallest absolute Gasteiger partial charge is 0.256 e. The Morgan fingerprint density at radius 2 is 2.50 bits per heavy atom. The summed E-state index contributed by atoms with van der Waals surface area (Å²) in [5, 5.41) is 11.0. The Morgan fingerprint density at radius 3 is 3.14 bits per heavy atom. The van der Waals surface area contributed by atoms with E-state index >= 15 is 0 Å². The summed E-state index contributed by atoms with van der Waals surface area (Å²) in [5.41, 5.74) is 0.364. The number of aliphatic hydroxyl groups excluding tert-OH is 1. The lowest BCUT2D eigenvalue weighted by Crippen LogP contribution is -2.19. The zero-order valence-corrected chi connectivity index (χ0v) is 7.86. The highest BCUT2D eigenvalue weighted by molar-refractivity contribution is 5.96. The molecule has 1 aromatic rings. The average molecular weight is 196 g/mol. The molecule has 2 N–H and O–H groups in total. The number of aromatic nitrogens is 1. The molecule has 0 bridgehead atoms. The molecule has 1 aromatic heterocycles. The van der Waals surface area contributed by atoms with Gasteiger partial charge in [-0.05, 0) is 12.1 Å². The van der Waals surface area contributed by atoms with Gasteiger partial charge in [0.25, 0.3) is 5.91 Å². The van der Waals surface area contributed by atoms with Gasteiger partial charge < -0.3 is 15.2 Å². The molecular formula is C9H12N2O3. The molecule has 0 saturated heterocycles. The minimum absolute atomic E-state index is 0.107. The Morgan fingerprint density at radius 1 is 1.71 bits per heavy atom. The Labute approximate surface area is 81.7 Å². The monoisotopic (exact) mass is 196 g/mol. The summed E-state index contributed by atoms with van der Waals surface area (Å²) < 4.78 is 5.09. The van der Waals surface area contributed by atoms with E-state index in [0.29, 0.717) is 5.56 Å². The lowest BCUT2D eigenvalue weighted by Gasteiger charge is -2.07. The van der Waals surface area contributed by atoms with Gasteiger partial charge in [0, 0.05) is 13.2 Å². The van der Waals surface area contributed by atoms with E-state index in [9.17, 15) is 4.79 Å². The summed E-state index contributed by atoms with van der Waals surface area (Å²) in [6.45, 7) is 0.0186. The van der Waals surface area contributed by atoms with Crippen LogP contribution >= 0.6 is 0 Å². The SMILES string of the molecule is CNC(=O)c1cccnc1OCCO. The van der Waals surface area contributed by atoms with Crippen LogP contribution in [0, 0.1) is 0 Å². The number of nitrogens with zero attached hydrogens (tertiary/aromatic N) is 1. The lowest BCUT2D eigenvalue weighted by atomic mass is 10.2. The van der Waals surface area contributed by atoms with Gasteiger partial charge in [0.1, 0.15) is 12.2 Å². The highest BCUT2D eigenvalue weighted by Gasteiger charge is 2.10. The summed E-state index contributed by atoms with van der Waals surface area (Å²) >= 11 is 0. The Kier molecular flexibility index (Phi) is 3.87. The van der Waals surface area contributed by atoms with Gasteiger partial charge in [-0.1, -0.05) is 0 Å². The standard InChI is InChI=1S/C9H12N2O3/c1-10-8(13)7-3-2-4-11-9(7)14-6-5-12/h2-4,12H,5-6H2,1H3,(H,10,13). The van der Waals surface area contributed by atoms with Crippen molar-refractivity contribution in [2.45, 2.75) is 0 Å². The molecule has 1 heterocycles. The number of hydrogen-bond acceptors (Lipinski definition) is 4. The summed E-state index contributed by atoms with van der Waals surface area (Å²) in [5.74, 6) is -0.0214. The second kappa shape index (κ2) is 5.18. The molecule has 0 aliphatic rings. The van der Waals surface area contributed by atoms with E-state index < -0.39 is 0 Å². The van der Waals surface area contributed by atoms with Crippen molar-refractivity contribution in [1.29, 1.82) is 0 Å². The van der Waals surface area contributed by atoms with Crippen molar-refractivity contribution in [1.82, 2.24) is 10.3 Å². The summed E-state index contributed by atoms with van der Waals surface area (Å²) in [4.78, 5) is 15.2. The first-order valence-electron chi connectivity index (χ1n) is 4.20. The topological polar surface area (TPSA) is 71.5 Å². The van der Waals surface area contributed by atoms with Gasteiger partial charge in [-0.15, -0.1) is 0 Å². The zero-order chi connectivity index (χ0) is 10.4. The molecule has 1 rings (SSSR count). The Balaban J connectivity index is 2.85. The molecule has 0 aliphatic heterocycles. The third-order valence-corrected chi connectivity index (χ3v) is 1.57. The molecule has 14 heavy (non-hydrogen) atoms. The van der Waals surface area contributed by atoms with Crippen molar-refractivity contribution in [2.24, 2.45) is 0 Å². The summed E-state index contributed by atoms with van der Waals surface area (Å²) in [6.07, 6.45) is 1.53. The third kappa shape index (κ3) is 2.43. The molecule has 0 saturated carbocycles. The predicted molar refractivity (Wildman–Crippen MR) is 50.2 cm³/mol. The van der Waals surface area contributed by atoms with E-state index in [0.717, 1.165) is 0 Å². The normalized spacial score (nSPS) is 9.57. The maximum absolute atomic E-state index is 11.3. The van der Waals surface area contributed by atoms with Crippen molar-refractivity contribution in [3.63, 3.8) is 0 Å². The van der Waals surface area contributed by atoms with Crippen LogP contribution in [-0.2, 0) is 0 Å². The van der Waals surface area contributed by atoms with E-state index in [1.807, 2.05) is 0 Å². The van der Waals surface area contributed by atoms with Crippen LogP contribution in [0.5, 0.6) is 5.88 Å². The van der Waals surface area contributed by atoms with Crippen LogP contribution in [0.2, 0.25) is 0 Å². The molecule has 0 aliphatic carbocycles. The third-order valence-electron chi connectivity index (χ3n) is 1.57. The summed E-state index contributed by atoms with van der Waals surface area (Å²) in [6, 6.07) is 3.26. The molecule has 0 aromatic carbocycles. The molecule has 0 atom stereocenters. The number of nitrogens with one attached hydrogen (secondary N) is 1. The first kappa shape index (κ1) is 10.5. The van der Waals surface area contributed by atoms with E-state index in [1.165, 1.54) is 13.2 Å². The fraction of sp³-hybridized carbons (Fsp3) is 0.333. The summed E-state index contributed by atoms with van der Waals surface area (Å²) in [7, 11) is 1.53. The molecule has 0 fully saturated rings. The lowest BCUT2D eigenvalue weighted by molar-refractivity contribution is 0.0956. The van der Waals surface area contributed by atoms with Crippen LogP contribution in [0.3, 0.4) is 0 Å². The largest absolute Gasteiger partial charge is 0.475 e. The number of rotatable bonds is 4. The van der Waals surface area contributed by atoms with Crippen molar-refractivity contribution in [3.05, 3.63) is 23.9 Å². The van der Waals surface area contributed by atoms with E-state index in [1.54, 1.807) is 12.1 Å². The number of carbonyl (C=O) groups is 1. The van der Waals surface area contributed by atoms with Gasteiger partial charge in [-0.2, -0.15) is 0 Å². The second-order valence-corrected chi connectivity index (χ2v) is 2.51. The van der Waals surface area contributed by atoms with Crippen LogP contribution in [0.25, 0.3) is 0 Å². The number of pyridine rings is 1. The Bertz CT molecular complexity index is 315. The number of hydrogen-bond donors (Lipinski definition) is 2. The second-order valence-electron chi connectivity index (χ2n) is 2.51. The first-order valence-corrected chi connectivity index (χ1v) is 4.20. The van der Waals surface area contributed by atoms with Gasteiger partial charge >= 0.3 is 0 Å². The number of carbonyl (C=O) groups excluding carboxylic acids is 1. The molecule has 5 nitrogen and oxygen atoms in total. The minimum atomic E-state index is -0.258. The van der Waals surface area contributed by atoms with Crippen LogP contribution < -0.4 is 10.1 Å². The van der Waals surface area contributed by atoms with Crippen LogP contribution in [0.15, 0.2) is 18.3 Å². The maximum atomic E-state index is 11.3. The van der Waals surface area contributed by atoms with Gasteiger partial charge in [0.15, 0.2) is 0 Å². The van der Waals surface area contributed by atoms with Crippen LogP contribution in [0.4, 0.5) is 0 Å².